The van der Waals surface area contributed by atoms with Crippen LogP contribution in [0.25, 0.3) is 0 Å². The molecule has 0 aliphatic rings. The zero-order chi connectivity index (χ0) is 57.8. The first-order chi connectivity index (χ1) is 39.5. The molecule has 0 radical (unpaired) electrons. The van der Waals surface area contributed by atoms with Gasteiger partial charge in [-0.2, -0.15) is 0 Å². The van der Waals surface area contributed by atoms with Crippen LogP contribution in [-0.2, 0) is 14.3 Å². The predicted octanol–water partition coefficient (Wildman–Crippen LogP) is 23.7. The van der Waals surface area contributed by atoms with Crippen LogP contribution in [0.3, 0.4) is 0 Å². The molecule has 80 heavy (non-hydrogen) atoms. The van der Waals surface area contributed by atoms with Gasteiger partial charge < -0.3 is 20.3 Å². The molecule has 0 aromatic rings. The molecule has 2 unspecified atom stereocenters. The van der Waals surface area contributed by atoms with Crippen molar-refractivity contribution < 1.29 is 24.5 Å². The molecule has 0 bridgehead atoms. The van der Waals surface area contributed by atoms with Gasteiger partial charge in [-0.15, -0.1) is 0 Å². The van der Waals surface area contributed by atoms with Crippen molar-refractivity contribution >= 4 is 11.9 Å². The lowest BCUT2D eigenvalue weighted by atomic mass is 10.0. The zero-order valence-electron chi connectivity index (χ0n) is 54.3. The standard InChI is InChI=1S/C74H143NO5/c1-3-5-7-9-11-13-15-17-19-38-42-46-50-54-58-62-66-72(77)71(70-76)75-73(78)67-63-59-55-51-47-43-39-36-34-32-30-28-26-24-22-21-23-25-27-29-31-33-35-37-41-45-49-53-57-61-65-69-80-74(79)68-64-60-56-52-48-44-40-20-18-16-14-12-10-8-6-4-2/h23,25,29,31,71-72,76-77H,3-22,24,26-28,30,32-70H2,1-2H3,(H,75,78)/b25-23-,31-29-. The van der Waals surface area contributed by atoms with E-state index in [0.717, 1.165) is 44.9 Å². The van der Waals surface area contributed by atoms with Gasteiger partial charge in [-0.3, -0.25) is 9.59 Å². The molecule has 474 valence electrons. The minimum absolute atomic E-state index is 0.0174. The maximum Gasteiger partial charge on any atom is 0.305 e. The Morgan fingerprint density at radius 2 is 0.625 bits per heavy atom. The van der Waals surface area contributed by atoms with Gasteiger partial charge in [0.1, 0.15) is 0 Å². The van der Waals surface area contributed by atoms with E-state index in [0.29, 0.717) is 25.9 Å². The number of rotatable bonds is 69. The molecule has 0 heterocycles. The summed E-state index contributed by atoms with van der Waals surface area (Å²) in [6.45, 7) is 4.99. The van der Waals surface area contributed by atoms with E-state index in [-0.39, 0.29) is 18.5 Å². The van der Waals surface area contributed by atoms with Gasteiger partial charge in [0.15, 0.2) is 0 Å². The number of hydrogen-bond acceptors (Lipinski definition) is 5. The summed E-state index contributed by atoms with van der Waals surface area (Å²) in [6.07, 6.45) is 88.1. The first-order valence-electron chi connectivity index (χ1n) is 36.6. The minimum Gasteiger partial charge on any atom is -0.466 e. The highest BCUT2D eigenvalue weighted by molar-refractivity contribution is 5.76. The second-order valence-corrected chi connectivity index (χ2v) is 25.3. The van der Waals surface area contributed by atoms with E-state index in [1.165, 1.54) is 334 Å². The van der Waals surface area contributed by atoms with Gasteiger partial charge in [-0.25, -0.2) is 0 Å². The summed E-state index contributed by atoms with van der Waals surface area (Å²) in [5.74, 6) is -0.0135. The van der Waals surface area contributed by atoms with E-state index >= 15 is 0 Å². The van der Waals surface area contributed by atoms with Crippen molar-refractivity contribution in [1.82, 2.24) is 5.32 Å². The number of aliphatic hydroxyl groups excluding tert-OH is 2. The molecule has 6 heteroatoms. The average Bonchev–Trinajstić information content (AvgIpc) is 3.46. The van der Waals surface area contributed by atoms with Crippen molar-refractivity contribution in [2.24, 2.45) is 0 Å². The van der Waals surface area contributed by atoms with E-state index in [4.69, 9.17) is 4.74 Å². The van der Waals surface area contributed by atoms with Crippen LogP contribution < -0.4 is 5.32 Å². The highest BCUT2D eigenvalue weighted by Crippen LogP contribution is 2.19. The van der Waals surface area contributed by atoms with Gasteiger partial charge in [-0.1, -0.05) is 366 Å². The summed E-state index contributed by atoms with van der Waals surface area (Å²) >= 11 is 0. The summed E-state index contributed by atoms with van der Waals surface area (Å²) < 4.78 is 5.50. The van der Waals surface area contributed by atoms with Gasteiger partial charge in [0.25, 0.3) is 0 Å². The van der Waals surface area contributed by atoms with Crippen LogP contribution in [0.2, 0.25) is 0 Å². The fourth-order valence-corrected chi connectivity index (χ4v) is 11.7. The summed E-state index contributed by atoms with van der Waals surface area (Å²) in [6, 6.07) is -0.541. The average molecular weight is 1130 g/mol. The molecule has 0 spiro atoms. The third-order valence-corrected chi connectivity index (χ3v) is 17.3. The van der Waals surface area contributed by atoms with Gasteiger partial charge in [0.05, 0.1) is 25.4 Å². The molecular weight excluding hydrogens is 983 g/mol. The fraction of sp³-hybridized carbons (Fsp3) is 0.919. The summed E-state index contributed by atoms with van der Waals surface area (Å²) in [4.78, 5) is 24.6. The Kier molecular flexibility index (Phi) is 68.4. The number of aliphatic hydroxyl groups is 2. The van der Waals surface area contributed by atoms with E-state index in [2.05, 4.69) is 43.5 Å². The zero-order valence-corrected chi connectivity index (χ0v) is 54.3. The van der Waals surface area contributed by atoms with Crippen LogP contribution in [0.5, 0.6) is 0 Å². The van der Waals surface area contributed by atoms with E-state index in [1.54, 1.807) is 0 Å². The smallest absolute Gasteiger partial charge is 0.305 e. The fourth-order valence-electron chi connectivity index (χ4n) is 11.7. The van der Waals surface area contributed by atoms with Crippen molar-refractivity contribution in [3.8, 4) is 0 Å². The van der Waals surface area contributed by atoms with Crippen LogP contribution in [0.15, 0.2) is 24.3 Å². The number of carbonyl (C=O) groups excluding carboxylic acids is 2. The van der Waals surface area contributed by atoms with Crippen molar-refractivity contribution in [3.05, 3.63) is 24.3 Å². The number of esters is 1. The normalized spacial score (nSPS) is 12.6. The van der Waals surface area contributed by atoms with E-state index in [1.807, 2.05) is 0 Å². The molecule has 2 atom stereocenters. The number of unbranched alkanes of at least 4 members (excludes halogenated alkanes) is 54. The molecule has 0 aliphatic heterocycles. The molecule has 1 amide bonds. The second kappa shape index (κ2) is 69.8. The Balaban J connectivity index is 3.37. The summed E-state index contributed by atoms with van der Waals surface area (Å²) in [5, 5.41) is 23.4. The minimum atomic E-state index is -0.664. The summed E-state index contributed by atoms with van der Waals surface area (Å²) in [7, 11) is 0. The van der Waals surface area contributed by atoms with Crippen LogP contribution in [0.4, 0.5) is 0 Å². The summed E-state index contributed by atoms with van der Waals surface area (Å²) in [5.41, 5.74) is 0. The first kappa shape index (κ1) is 78.3. The maximum absolute atomic E-state index is 12.5. The topological polar surface area (TPSA) is 95.9 Å². The number of carbonyl (C=O) groups is 2. The van der Waals surface area contributed by atoms with Crippen molar-refractivity contribution in [2.75, 3.05) is 13.2 Å². The molecule has 0 aliphatic carbocycles. The Labute approximate surface area is 501 Å². The molecule has 3 N–H and O–H groups in total. The number of ether oxygens (including phenoxy) is 1. The van der Waals surface area contributed by atoms with Gasteiger partial charge in [-0.05, 0) is 57.8 Å². The van der Waals surface area contributed by atoms with Crippen LogP contribution in [0.1, 0.15) is 412 Å². The quantitative estimate of drug-likeness (QED) is 0.0320. The number of nitrogens with one attached hydrogen (secondary N) is 1. The predicted molar refractivity (Wildman–Crippen MR) is 352 cm³/mol. The molecule has 0 fully saturated rings. The third-order valence-electron chi connectivity index (χ3n) is 17.3. The van der Waals surface area contributed by atoms with E-state index < -0.39 is 12.1 Å². The molecule has 0 saturated carbocycles. The molecular formula is C74H143NO5. The molecule has 0 aromatic carbocycles. The first-order valence-corrected chi connectivity index (χ1v) is 36.6. The van der Waals surface area contributed by atoms with Crippen LogP contribution in [-0.4, -0.2) is 47.4 Å². The van der Waals surface area contributed by atoms with Crippen molar-refractivity contribution in [3.63, 3.8) is 0 Å². The molecule has 0 saturated heterocycles. The number of hydrogen-bond donors (Lipinski definition) is 3. The highest BCUT2D eigenvalue weighted by Gasteiger charge is 2.20. The van der Waals surface area contributed by atoms with Crippen LogP contribution >= 0.6 is 0 Å². The van der Waals surface area contributed by atoms with Crippen LogP contribution in [0, 0.1) is 0 Å². The lowest BCUT2D eigenvalue weighted by molar-refractivity contribution is -0.143. The Morgan fingerprint density at radius 1 is 0.350 bits per heavy atom. The van der Waals surface area contributed by atoms with Gasteiger partial charge in [0, 0.05) is 12.8 Å². The molecule has 0 rings (SSSR count). The van der Waals surface area contributed by atoms with E-state index in [9.17, 15) is 19.8 Å². The maximum atomic E-state index is 12.5. The number of amides is 1. The molecule has 6 nitrogen and oxygen atoms in total. The Bertz CT molecular complexity index is 1250. The van der Waals surface area contributed by atoms with Crippen molar-refractivity contribution in [1.29, 1.82) is 0 Å². The monoisotopic (exact) mass is 1130 g/mol. The Hall–Kier alpha value is -1.66. The molecule has 0 aromatic heterocycles. The van der Waals surface area contributed by atoms with Gasteiger partial charge in [0.2, 0.25) is 5.91 Å². The largest absolute Gasteiger partial charge is 0.466 e. The highest BCUT2D eigenvalue weighted by atomic mass is 16.5. The lowest BCUT2D eigenvalue weighted by Crippen LogP contribution is -2.45. The number of allylic oxidation sites excluding steroid dienone is 4. The third kappa shape index (κ3) is 65.5. The van der Waals surface area contributed by atoms with Gasteiger partial charge >= 0.3 is 5.97 Å². The van der Waals surface area contributed by atoms with Crippen molar-refractivity contribution in [2.45, 2.75) is 424 Å². The lowest BCUT2D eigenvalue weighted by Gasteiger charge is -2.22. The second-order valence-electron chi connectivity index (χ2n) is 25.3. The Morgan fingerprint density at radius 3 is 0.950 bits per heavy atom. The SMILES string of the molecule is CCCCCCCCCCCCCCCCCCC(=O)OCCCCCCCCCCC/C=C\C/C=C\CCCCCCCCCCCCCCCCCC(=O)NC(CO)C(O)CCCCCCCCCCCCCCCCCC.